The molecule has 2 amide bonds. The number of alkyl halides is 3. The van der Waals surface area contributed by atoms with Gasteiger partial charge < -0.3 is 5.32 Å². The summed E-state index contributed by atoms with van der Waals surface area (Å²) in [5, 5.41) is 6.79. The molecule has 1 aromatic heterocycles. The largest absolute Gasteiger partial charge is 0.409 e. The van der Waals surface area contributed by atoms with E-state index in [1.807, 2.05) is 6.92 Å². The van der Waals surface area contributed by atoms with E-state index < -0.39 is 35.9 Å². The van der Waals surface area contributed by atoms with Crippen LogP contribution in [0.3, 0.4) is 0 Å². The lowest BCUT2D eigenvalue weighted by Gasteiger charge is -2.37. The fourth-order valence-electron chi connectivity index (χ4n) is 4.33. The molecule has 2 atom stereocenters. The van der Waals surface area contributed by atoms with Crippen molar-refractivity contribution in [3.63, 3.8) is 0 Å². The van der Waals surface area contributed by atoms with E-state index in [0.29, 0.717) is 33.6 Å². The van der Waals surface area contributed by atoms with Crippen LogP contribution in [0.4, 0.5) is 32.4 Å². The van der Waals surface area contributed by atoms with Gasteiger partial charge in [-0.05, 0) is 55.7 Å². The summed E-state index contributed by atoms with van der Waals surface area (Å²) in [5.41, 5.74) is 1.05. The Morgan fingerprint density at radius 1 is 1.20 bits per heavy atom. The van der Waals surface area contributed by atoms with Crippen LogP contribution >= 0.6 is 15.9 Å². The number of rotatable bonds is 5. The maximum atomic E-state index is 14.6. The molecule has 0 bridgehead atoms. The Kier molecular flexibility index (Phi) is 7.16. The molecule has 2 heterocycles. The number of carbonyl (C=O) groups is 1. The molecule has 0 spiro atoms. The smallest absolute Gasteiger partial charge is 0.331 e. The van der Waals surface area contributed by atoms with Gasteiger partial charge in [0.15, 0.2) is 0 Å². The molecule has 0 saturated heterocycles. The van der Waals surface area contributed by atoms with Crippen LogP contribution < -0.4 is 10.2 Å². The molecule has 0 saturated carbocycles. The van der Waals surface area contributed by atoms with E-state index in [2.05, 4.69) is 26.3 Å². The Morgan fingerprint density at radius 3 is 2.54 bits per heavy atom. The number of aromatic nitrogens is 2. The van der Waals surface area contributed by atoms with Crippen LogP contribution in [0.25, 0.3) is 5.69 Å². The standard InChI is InChI=1S/C24H22BrF5N4O/c1-2-3-19(17-9-4-14(25)12-18(17)27)32-23(35)33-21-13-31-34(16-7-5-15(26)6-8-16)20(21)10-11-22(33)24(28,29)30/h4-9,12-13,19,22H,2-3,10-11H2,1H3,(H,32,35)/t19-,22?/m0/s1. The fraction of sp³-hybridized carbons (Fsp3) is 0.333. The SMILES string of the molecule is CCC[C@H](NC(=O)N1c2cnn(-c3ccc(F)cc3)c2CCC1C(F)(F)F)c1ccc(Br)cc1F. The number of nitrogens with zero attached hydrogens (tertiary/aromatic N) is 3. The minimum Gasteiger partial charge on any atom is -0.331 e. The summed E-state index contributed by atoms with van der Waals surface area (Å²) >= 11 is 3.18. The summed E-state index contributed by atoms with van der Waals surface area (Å²) in [6.07, 6.45) is -2.95. The summed E-state index contributed by atoms with van der Waals surface area (Å²) in [4.78, 5) is 14.0. The molecule has 4 rings (SSSR count). The predicted molar refractivity (Wildman–Crippen MR) is 124 cm³/mol. The third kappa shape index (κ3) is 5.19. The molecular weight excluding hydrogens is 535 g/mol. The van der Waals surface area contributed by atoms with Gasteiger partial charge in [-0.3, -0.25) is 4.90 Å². The van der Waals surface area contributed by atoms with Crippen LogP contribution in [0.1, 0.15) is 43.5 Å². The molecule has 1 aliphatic rings. The van der Waals surface area contributed by atoms with Gasteiger partial charge >= 0.3 is 12.2 Å². The van der Waals surface area contributed by atoms with Gasteiger partial charge in [-0.25, -0.2) is 18.3 Å². The van der Waals surface area contributed by atoms with Gasteiger partial charge in [0.25, 0.3) is 0 Å². The van der Waals surface area contributed by atoms with Crippen molar-refractivity contribution in [3.8, 4) is 5.69 Å². The maximum absolute atomic E-state index is 14.6. The van der Waals surface area contributed by atoms with Crippen molar-refractivity contribution in [2.75, 3.05) is 4.90 Å². The summed E-state index contributed by atoms with van der Waals surface area (Å²) in [5.74, 6) is -1.04. The molecule has 3 aromatic rings. The highest BCUT2D eigenvalue weighted by Crippen LogP contribution is 2.39. The molecule has 0 radical (unpaired) electrons. The molecule has 11 heteroatoms. The number of halogens is 6. The average molecular weight is 557 g/mol. The van der Waals surface area contributed by atoms with E-state index in [9.17, 15) is 26.7 Å². The van der Waals surface area contributed by atoms with Crippen molar-refractivity contribution in [1.82, 2.24) is 15.1 Å². The quantitative estimate of drug-likeness (QED) is 0.349. The monoisotopic (exact) mass is 556 g/mol. The van der Waals surface area contributed by atoms with Crippen molar-refractivity contribution in [2.24, 2.45) is 0 Å². The molecular formula is C24H22BrF5N4O. The molecule has 1 aliphatic heterocycles. The molecule has 186 valence electrons. The minimum atomic E-state index is -4.68. The number of fused-ring (bicyclic) bond motifs is 1. The second-order valence-corrected chi connectivity index (χ2v) is 9.20. The highest BCUT2D eigenvalue weighted by molar-refractivity contribution is 9.10. The molecule has 0 aliphatic carbocycles. The fourth-order valence-corrected chi connectivity index (χ4v) is 4.67. The number of urea groups is 1. The van der Waals surface area contributed by atoms with E-state index in [1.54, 1.807) is 6.07 Å². The van der Waals surface area contributed by atoms with E-state index in [-0.39, 0.29) is 24.1 Å². The number of anilines is 1. The lowest BCUT2D eigenvalue weighted by molar-refractivity contribution is -0.149. The highest BCUT2D eigenvalue weighted by atomic mass is 79.9. The van der Waals surface area contributed by atoms with Crippen LogP contribution in [-0.4, -0.2) is 28.0 Å². The molecule has 1 unspecified atom stereocenters. The lowest BCUT2D eigenvalue weighted by Crippen LogP contribution is -2.55. The second-order valence-electron chi connectivity index (χ2n) is 8.29. The number of hydrogen-bond acceptors (Lipinski definition) is 2. The first-order valence-corrected chi connectivity index (χ1v) is 11.8. The van der Waals surface area contributed by atoms with Crippen molar-refractivity contribution in [2.45, 2.75) is 50.9 Å². The van der Waals surface area contributed by atoms with Gasteiger partial charge in [-0.1, -0.05) is 35.3 Å². The third-order valence-electron chi connectivity index (χ3n) is 5.95. The van der Waals surface area contributed by atoms with E-state index >= 15 is 0 Å². The first-order valence-electron chi connectivity index (χ1n) is 11.0. The Morgan fingerprint density at radius 2 is 1.91 bits per heavy atom. The van der Waals surface area contributed by atoms with E-state index in [0.717, 1.165) is 0 Å². The zero-order chi connectivity index (χ0) is 25.3. The minimum absolute atomic E-state index is 0.00641. The van der Waals surface area contributed by atoms with Crippen LogP contribution in [0.2, 0.25) is 0 Å². The van der Waals surface area contributed by atoms with Gasteiger partial charge in [-0.2, -0.15) is 18.3 Å². The maximum Gasteiger partial charge on any atom is 0.409 e. The number of benzene rings is 2. The molecule has 35 heavy (non-hydrogen) atoms. The summed E-state index contributed by atoms with van der Waals surface area (Å²) in [6, 6.07) is 5.81. The van der Waals surface area contributed by atoms with Crippen molar-refractivity contribution in [3.05, 3.63) is 76.0 Å². The lowest BCUT2D eigenvalue weighted by atomic mass is 9.99. The Bertz CT molecular complexity index is 1210. The molecule has 0 fully saturated rings. The van der Waals surface area contributed by atoms with Crippen LogP contribution in [0.5, 0.6) is 0 Å². The normalized spacial score (nSPS) is 16.7. The first kappa shape index (κ1) is 25.2. The number of carbonyl (C=O) groups excluding carboxylic acids is 1. The molecule has 1 N–H and O–H groups in total. The second kappa shape index (κ2) is 9.96. The van der Waals surface area contributed by atoms with Crippen molar-refractivity contribution >= 4 is 27.6 Å². The Balaban J connectivity index is 1.71. The zero-order valence-corrected chi connectivity index (χ0v) is 20.2. The third-order valence-corrected chi connectivity index (χ3v) is 6.45. The van der Waals surface area contributed by atoms with Crippen LogP contribution in [0, 0.1) is 11.6 Å². The summed E-state index contributed by atoms with van der Waals surface area (Å²) in [7, 11) is 0. The van der Waals surface area contributed by atoms with Gasteiger partial charge in [0.05, 0.1) is 29.3 Å². The Hall–Kier alpha value is -2.95. The predicted octanol–water partition coefficient (Wildman–Crippen LogP) is 6.85. The summed E-state index contributed by atoms with van der Waals surface area (Å²) in [6.45, 7) is 1.83. The first-order chi connectivity index (χ1) is 16.6. The van der Waals surface area contributed by atoms with Gasteiger partial charge in [0.1, 0.15) is 17.7 Å². The summed E-state index contributed by atoms with van der Waals surface area (Å²) < 4.78 is 71.8. The number of hydrogen-bond donors (Lipinski definition) is 1. The van der Waals surface area contributed by atoms with Crippen molar-refractivity contribution in [1.29, 1.82) is 0 Å². The van der Waals surface area contributed by atoms with Crippen LogP contribution in [-0.2, 0) is 6.42 Å². The van der Waals surface area contributed by atoms with Gasteiger partial charge in [-0.15, -0.1) is 0 Å². The molecule has 2 aromatic carbocycles. The van der Waals surface area contributed by atoms with Gasteiger partial charge in [0, 0.05) is 10.0 Å². The molecule has 5 nitrogen and oxygen atoms in total. The van der Waals surface area contributed by atoms with Gasteiger partial charge in [0.2, 0.25) is 0 Å². The number of nitrogens with one attached hydrogen (secondary N) is 1. The zero-order valence-electron chi connectivity index (χ0n) is 18.6. The number of amides is 2. The van der Waals surface area contributed by atoms with Crippen LogP contribution in [0.15, 0.2) is 53.1 Å². The topological polar surface area (TPSA) is 50.2 Å². The Labute approximate surface area is 207 Å². The van der Waals surface area contributed by atoms with E-state index in [4.69, 9.17) is 0 Å². The van der Waals surface area contributed by atoms with Crippen molar-refractivity contribution < 1.29 is 26.7 Å². The van der Waals surface area contributed by atoms with E-state index in [1.165, 1.54) is 47.3 Å². The highest BCUT2D eigenvalue weighted by Gasteiger charge is 2.49. The average Bonchev–Trinajstić information content (AvgIpc) is 3.22.